The van der Waals surface area contributed by atoms with Crippen LogP contribution in [-0.4, -0.2) is 34.0 Å². The Morgan fingerprint density at radius 1 is 1.21 bits per heavy atom. The fourth-order valence-corrected chi connectivity index (χ4v) is 3.62. The number of aromatic nitrogens is 1. The largest absolute Gasteiger partial charge is 0.508 e. The van der Waals surface area contributed by atoms with Crippen LogP contribution in [0.25, 0.3) is 11.6 Å². The third-order valence-corrected chi connectivity index (χ3v) is 5.05. The molecule has 0 bridgehead atoms. The summed E-state index contributed by atoms with van der Waals surface area (Å²) < 4.78 is 18.5. The van der Waals surface area contributed by atoms with Crippen molar-refractivity contribution in [2.45, 2.75) is 0 Å². The zero-order chi connectivity index (χ0) is 20.5. The molecule has 4 rings (SSSR count). The van der Waals surface area contributed by atoms with Crippen molar-refractivity contribution in [3.8, 4) is 11.6 Å². The third kappa shape index (κ3) is 3.67. The number of carbonyl (C=O) groups is 1. The van der Waals surface area contributed by atoms with Gasteiger partial charge >= 0.3 is 5.97 Å². The van der Waals surface area contributed by atoms with Gasteiger partial charge in [0.25, 0.3) is 0 Å². The van der Waals surface area contributed by atoms with Crippen molar-refractivity contribution in [1.82, 2.24) is 4.98 Å². The van der Waals surface area contributed by atoms with Gasteiger partial charge in [0.1, 0.15) is 11.6 Å². The molecular formula is C20H14FN3O4S. The lowest BCUT2D eigenvalue weighted by atomic mass is 10.0. The summed E-state index contributed by atoms with van der Waals surface area (Å²) in [4.78, 5) is 20.8. The minimum absolute atomic E-state index is 0.0222. The van der Waals surface area contributed by atoms with Crippen molar-refractivity contribution in [3.05, 3.63) is 58.7 Å². The second-order valence-corrected chi connectivity index (χ2v) is 7.08. The maximum atomic E-state index is 13.8. The van der Waals surface area contributed by atoms with Crippen LogP contribution in [-0.2, 0) is 9.53 Å². The number of hydrogen-bond donors (Lipinski definition) is 3. The molecule has 0 radical (unpaired) electrons. The van der Waals surface area contributed by atoms with Gasteiger partial charge in [0.2, 0.25) is 5.88 Å². The van der Waals surface area contributed by atoms with Gasteiger partial charge in [-0.2, -0.15) is 4.98 Å². The summed E-state index contributed by atoms with van der Waals surface area (Å²) in [5.74, 6) is -1.26. The van der Waals surface area contributed by atoms with Crippen molar-refractivity contribution in [2.24, 2.45) is 4.99 Å². The second kappa shape index (κ2) is 7.36. The number of nitrogens with one attached hydrogen (secondary N) is 1. The molecule has 0 amide bonds. The molecule has 1 aliphatic rings. The average Bonchev–Trinajstić information content (AvgIpc) is 3.23. The summed E-state index contributed by atoms with van der Waals surface area (Å²) in [6.45, 7) is 0. The number of aliphatic imine (C=N–C) groups is 1. The summed E-state index contributed by atoms with van der Waals surface area (Å²) in [5.41, 5.74) is 1.88. The smallest absolute Gasteiger partial charge is 0.357 e. The highest BCUT2D eigenvalue weighted by Crippen LogP contribution is 2.40. The molecule has 2 heterocycles. The van der Waals surface area contributed by atoms with Crippen molar-refractivity contribution >= 4 is 51.2 Å². The van der Waals surface area contributed by atoms with Gasteiger partial charge in [-0.25, -0.2) is 14.2 Å². The van der Waals surface area contributed by atoms with Crippen molar-refractivity contribution < 1.29 is 24.1 Å². The Hall–Kier alpha value is -3.72. The van der Waals surface area contributed by atoms with Gasteiger partial charge in [-0.15, -0.1) is 0 Å². The standard InChI is InChI=1S/C20H14FN3O4S/c1-28-19(27)17-14(13-8-10(21)2-7-15(13)23-17)9-16-18(26)24-20(29-16)22-11-3-5-12(25)6-4-11/h2-9,25-26H,1H3,(H,22,24)/b14-9+. The number of ether oxygens (including phenoxy) is 1. The molecule has 146 valence electrons. The van der Waals surface area contributed by atoms with Gasteiger partial charge in [-0.05, 0) is 48.5 Å². The van der Waals surface area contributed by atoms with Crippen molar-refractivity contribution in [2.75, 3.05) is 12.4 Å². The number of carbonyl (C=O) groups excluding carboxylic acids is 1. The molecule has 1 aliphatic heterocycles. The van der Waals surface area contributed by atoms with Crippen LogP contribution in [0.5, 0.6) is 11.6 Å². The number of anilines is 2. The summed E-state index contributed by atoms with van der Waals surface area (Å²) in [5, 5.41) is 23.0. The zero-order valence-corrected chi connectivity index (χ0v) is 15.8. The second-order valence-electron chi connectivity index (χ2n) is 6.05. The van der Waals surface area contributed by atoms with E-state index in [2.05, 4.69) is 15.3 Å². The highest BCUT2D eigenvalue weighted by molar-refractivity contribution is 7.16. The Kier molecular flexibility index (Phi) is 4.73. The van der Waals surface area contributed by atoms with E-state index >= 15 is 0 Å². The van der Waals surface area contributed by atoms with Crippen LogP contribution in [0.4, 0.5) is 20.9 Å². The lowest BCUT2D eigenvalue weighted by Gasteiger charge is -2.03. The minimum Gasteiger partial charge on any atom is -0.508 e. The quantitative estimate of drug-likeness (QED) is 0.438. The fourth-order valence-electron chi connectivity index (χ4n) is 2.80. The maximum absolute atomic E-state index is 13.8. The molecule has 0 aliphatic carbocycles. The van der Waals surface area contributed by atoms with Crippen LogP contribution in [0.15, 0.2) is 47.5 Å². The SMILES string of the molecule is COC(=O)C1=Nc2ccc(F)cc2/C1=C\c1sc(Nc2ccc(O)cc2)nc1O. The third-order valence-electron chi connectivity index (χ3n) is 4.14. The molecular weight excluding hydrogens is 397 g/mol. The van der Waals surface area contributed by atoms with Gasteiger partial charge in [0.05, 0.1) is 17.7 Å². The van der Waals surface area contributed by atoms with Crippen molar-refractivity contribution in [3.63, 3.8) is 0 Å². The van der Waals surface area contributed by atoms with Crippen LogP contribution in [0.3, 0.4) is 0 Å². The molecule has 7 nitrogen and oxygen atoms in total. The molecule has 1 aromatic heterocycles. The number of hydrogen-bond acceptors (Lipinski definition) is 8. The molecule has 3 N–H and O–H groups in total. The number of fused-ring (bicyclic) bond motifs is 1. The maximum Gasteiger partial charge on any atom is 0.357 e. The topological polar surface area (TPSA) is 104 Å². The van der Waals surface area contributed by atoms with Gasteiger partial charge < -0.3 is 20.3 Å². The van der Waals surface area contributed by atoms with E-state index in [0.717, 1.165) is 11.3 Å². The first-order chi connectivity index (χ1) is 13.9. The number of nitrogens with zero attached hydrogens (tertiary/aromatic N) is 2. The van der Waals surface area contributed by atoms with Crippen LogP contribution < -0.4 is 5.32 Å². The fraction of sp³-hybridized carbons (Fsp3) is 0.0500. The Labute approximate surface area is 168 Å². The van der Waals surface area contributed by atoms with Crippen LogP contribution in [0.2, 0.25) is 0 Å². The molecule has 0 spiro atoms. The minimum atomic E-state index is -0.667. The Morgan fingerprint density at radius 3 is 2.69 bits per heavy atom. The van der Waals surface area contributed by atoms with Gasteiger partial charge in [-0.3, -0.25) is 0 Å². The predicted molar refractivity (Wildman–Crippen MR) is 109 cm³/mol. The number of benzene rings is 2. The highest BCUT2D eigenvalue weighted by atomic mass is 32.1. The average molecular weight is 411 g/mol. The van der Waals surface area contributed by atoms with E-state index in [-0.39, 0.29) is 17.3 Å². The Morgan fingerprint density at radius 2 is 1.97 bits per heavy atom. The molecule has 29 heavy (non-hydrogen) atoms. The van der Waals surface area contributed by atoms with E-state index < -0.39 is 11.8 Å². The van der Waals surface area contributed by atoms with Crippen LogP contribution in [0.1, 0.15) is 10.4 Å². The van der Waals surface area contributed by atoms with E-state index in [4.69, 9.17) is 4.74 Å². The van der Waals surface area contributed by atoms with Gasteiger partial charge in [0.15, 0.2) is 10.8 Å². The summed E-state index contributed by atoms with van der Waals surface area (Å²) in [7, 11) is 1.23. The number of halogens is 1. The number of aromatic hydroxyl groups is 2. The van der Waals surface area contributed by atoms with E-state index in [9.17, 15) is 19.4 Å². The molecule has 0 saturated heterocycles. The zero-order valence-electron chi connectivity index (χ0n) is 15.0. The molecule has 2 aromatic carbocycles. The Bertz CT molecular complexity index is 1170. The summed E-state index contributed by atoms with van der Waals surface area (Å²) in [6.07, 6.45) is 1.52. The molecule has 0 unspecified atom stereocenters. The summed E-state index contributed by atoms with van der Waals surface area (Å²) >= 11 is 1.13. The monoisotopic (exact) mass is 411 g/mol. The first kappa shape index (κ1) is 18.6. The van der Waals surface area contributed by atoms with Gasteiger partial charge in [0, 0.05) is 16.8 Å². The number of esters is 1. The molecule has 9 heteroatoms. The Balaban J connectivity index is 1.72. The highest BCUT2D eigenvalue weighted by Gasteiger charge is 2.28. The molecule has 3 aromatic rings. The molecule has 0 saturated carbocycles. The van der Waals surface area contributed by atoms with Crippen LogP contribution >= 0.6 is 11.3 Å². The normalized spacial score (nSPS) is 13.9. The van der Waals surface area contributed by atoms with Crippen molar-refractivity contribution in [1.29, 1.82) is 0 Å². The van der Waals surface area contributed by atoms with E-state index in [0.29, 0.717) is 32.5 Å². The molecule has 0 atom stereocenters. The summed E-state index contributed by atoms with van der Waals surface area (Å²) in [6, 6.07) is 10.3. The number of phenols is 1. The number of phenolic OH excluding ortho intramolecular Hbond substituents is 1. The number of rotatable bonds is 4. The lowest BCUT2D eigenvalue weighted by Crippen LogP contribution is -2.14. The van der Waals surface area contributed by atoms with Crippen LogP contribution in [0, 0.1) is 5.82 Å². The predicted octanol–water partition coefficient (Wildman–Crippen LogP) is 4.24. The number of thiazole rings is 1. The van der Waals surface area contributed by atoms with E-state index in [1.165, 1.54) is 43.5 Å². The molecule has 0 fully saturated rings. The first-order valence-corrected chi connectivity index (χ1v) is 9.21. The van der Waals surface area contributed by atoms with Gasteiger partial charge in [-0.1, -0.05) is 11.3 Å². The van der Waals surface area contributed by atoms with E-state index in [1.807, 2.05) is 0 Å². The first-order valence-electron chi connectivity index (χ1n) is 8.39. The lowest BCUT2D eigenvalue weighted by molar-refractivity contribution is -0.132. The number of methoxy groups -OCH3 is 1. The van der Waals surface area contributed by atoms with E-state index in [1.54, 1.807) is 12.1 Å².